The quantitative estimate of drug-likeness (QED) is 0.341. The Morgan fingerprint density at radius 1 is 1.14 bits per heavy atom. The van der Waals surface area contributed by atoms with Gasteiger partial charge in [-0.05, 0) is 50.0 Å². The van der Waals surface area contributed by atoms with Crippen molar-refractivity contribution in [2.24, 2.45) is 5.73 Å². The number of esters is 1. The van der Waals surface area contributed by atoms with Gasteiger partial charge in [0.1, 0.15) is 11.8 Å². The fourth-order valence-electron chi connectivity index (χ4n) is 3.24. The van der Waals surface area contributed by atoms with Crippen LogP contribution < -0.4 is 15.8 Å². The summed E-state index contributed by atoms with van der Waals surface area (Å²) in [4.78, 5) is 37.7. The molecule has 0 bridgehead atoms. The Labute approximate surface area is 166 Å². The maximum absolute atomic E-state index is 12.0. The molecule has 28 heavy (non-hydrogen) atoms. The van der Waals surface area contributed by atoms with Gasteiger partial charge in [0.25, 0.3) is 0 Å². The number of likely N-dealkylation sites (tertiary alicyclic amines) is 1. The Morgan fingerprint density at radius 3 is 2.43 bits per heavy atom. The lowest BCUT2D eigenvalue weighted by molar-refractivity contribution is -0.135. The van der Waals surface area contributed by atoms with Crippen molar-refractivity contribution in [1.82, 2.24) is 10.2 Å². The van der Waals surface area contributed by atoms with E-state index >= 15 is 0 Å². The molecule has 1 unspecified atom stereocenters. The lowest BCUT2D eigenvalue weighted by Gasteiger charge is -2.16. The molecule has 1 atom stereocenters. The van der Waals surface area contributed by atoms with Crippen molar-refractivity contribution in [1.29, 1.82) is 0 Å². The third-order valence-corrected chi connectivity index (χ3v) is 4.83. The van der Waals surface area contributed by atoms with Crippen LogP contribution in [0.3, 0.4) is 0 Å². The number of carbonyl (C=O) groups is 3. The molecule has 2 amide bonds. The fraction of sp³-hybridized carbons (Fsp3) is 0.571. The second-order valence-corrected chi connectivity index (χ2v) is 7.28. The van der Waals surface area contributed by atoms with E-state index in [4.69, 9.17) is 10.5 Å². The summed E-state index contributed by atoms with van der Waals surface area (Å²) in [7, 11) is 0. The molecule has 1 aliphatic rings. The number of hydrogen-bond acceptors (Lipinski definition) is 5. The molecule has 0 spiro atoms. The van der Waals surface area contributed by atoms with E-state index in [0.717, 1.165) is 50.8 Å². The van der Waals surface area contributed by atoms with Crippen LogP contribution in [0, 0.1) is 0 Å². The van der Waals surface area contributed by atoms with Crippen molar-refractivity contribution in [2.45, 2.75) is 57.9 Å². The van der Waals surface area contributed by atoms with E-state index in [9.17, 15) is 14.4 Å². The number of benzene rings is 1. The highest BCUT2D eigenvalue weighted by Gasteiger charge is 2.19. The van der Waals surface area contributed by atoms with Gasteiger partial charge in [-0.15, -0.1) is 0 Å². The van der Waals surface area contributed by atoms with E-state index in [1.165, 1.54) is 0 Å². The zero-order valence-corrected chi connectivity index (χ0v) is 16.6. The molecular weight excluding hydrogens is 358 g/mol. The van der Waals surface area contributed by atoms with E-state index in [1.807, 2.05) is 0 Å². The number of rotatable bonds is 11. The smallest absolute Gasteiger partial charge is 0.325 e. The van der Waals surface area contributed by atoms with Crippen LogP contribution in [0.25, 0.3) is 0 Å². The van der Waals surface area contributed by atoms with E-state index < -0.39 is 11.9 Å². The van der Waals surface area contributed by atoms with Gasteiger partial charge in [0.2, 0.25) is 11.8 Å². The number of nitrogens with two attached hydrogens (primary N) is 1. The minimum Gasteiger partial charge on any atom is -0.426 e. The third kappa shape index (κ3) is 7.68. The van der Waals surface area contributed by atoms with Gasteiger partial charge < -0.3 is 15.8 Å². The van der Waals surface area contributed by atoms with Gasteiger partial charge in [-0.25, -0.2) is 0 Å². The molecule has 1 aromatic carbocycles. The average molecular weight is 389 g/mol. The minimum absolute atomic E-state index is 0.162. The second kappa shape index (κ2) is 11.4. The molecular formula is C21H31N3O4. The van der Waals surface area contributed by atoms with Crippen molar-refractivity contribution in [3.05, 3.63) is 29.8 Å². The number of nitrogens with one attached hydrogen (secondary N) is 1. The normalized spacial score (nSPS) is 15.2. The van der Waals surface area contributed by atoms with Crippen molar-refractivity contribution < 1.29 is 19.1 Å². The second-order valence-electron chi connectivity index (χ2n) is 7.28. The van der Waals surface area contributed by atoms with E-state index in [1.54, 1.807) is 24.3 Å². The molecule has 7 heteroatoms. The van der Waals surface area contributed by atoms with Crippen LogP contribution in [-0.2, 0) is 20.8 Å². The zero-order valence-electron chi connectivity index (χ0n) is 16.6. The molecule has 2 rings (SSSR count). The largest absolute Gasteiger partial charge is 0.426 e. The van der Waals surface area contributed by atoms with Gasteiger partial charge in [0.05, 0.1) is 6.54 Å². The highest BCUT2D eigenvalue weighted by Crippen LogP contribution is 2.15. The molecule has 1 aromatic rings. The molecule has 3 N–H and O–H groups in total. The summed E-state index contributed by atoms with van der Waals surface area (Å²) < 4.78 is 5.36. The first-order valence-electron chi connectivity index (χ1n) is 10.1. The van der Waals surface area contributed by atoms with Crippen molar-refractivity contribution in [3.63, 3.8) is 0 Å². The highest BCUT2D eigenvalue weighted by atomic mass is 16.5. The SMILES string of the molecule is CCCCCC(=O)NC(Cc1ccc(OC(=O)CN2CCCC2)cc1)C(N)=O. The van der Waals surface area contributed by atoms with E-state index in [0.29, 0.717) is 25.1 Å². The topological polar surface area (TPSA) is 102 Å². The van der Waals surface area contributed by atoms with Gasteiger partial charge in [0.15, 0.2) is 0 Å². The zero-order chi connectivity index (χ0) is 20.4. The maximum Gasteiger partial charge on any atom is 0.325 e. The summed E-state index contributed by atoms with van der Waals surface area (Å²) in [6, 6.07) is 6.18. The van der Waals surface area contributed by atoms with Crippen molar-refractivity contribution in [2.75, 3.05) is 19.6 Å². The molecule has 0 saturated carbocycles. The number of hydrogen-bond donors (Lipinski definition) is 2. The van der Waals surface area contributed by atoms with Crippen LogP contribution in [-0.4, -0.2) is 48.4 Å². The number of carbonyl (C=O) groups excluding carboxylic acids is 3. The van der Waals surface area contributed by atoms with Crippen molar-refractivity contribution in [3.8, 4) is 5.75 Å². The Kier molecular flexibility index (Phi) is 8.94. The predicted molar refractivity (Wildman–Crippen MR) is 107 cm³/mol. The van der Waals surface area contributed by atoms with Crippen molar-refractivity contribution >= 4 is 17.8 Å². The summed E-state index contributed by atoms with van der Waals surface area (Å²) in [5.74, 6) is -0.536. The van der Waals surface area contributed by atoms with Crippen LogP contribution >= 0.6 is 0 Å². The van der Waals surface area contributed by atoms with E-state index in [2.05, 4.69) is 17.1 Å². The number of amides is 2. The Balaban J connectivity index is 1.83. The predicted octanol–water partition coefficient (Wildman–Crippen LogP) is 1.78. The Bertz CT molecular complexity index is 654. The summed E-state index contributed by atoms with van der Waals surface area (Å²) in [5.41, 5.74) is 6.26. The van der Waals surface area contributed by atoms with Gasteiger partial charge in [-0.3, -0.25) is 19.3 Å². The monoisotopic (exact) mass is 389 g/mol. The van der Waals surface area contributed by atoms with Crippen LogP contribution in [0.1, 0.15) is 51.0 Å². The van der Waals surface area contributed by atoms with Gasteiger partial charge in [-0.1, -0.05) is 31.9 Å². The molecule has 1 heterocycles. The van der Waals surface area contributed by atoms with Crippen LogP contribution in [0.2, 0.25) is 0 Å². The number of nitrogens with zero attached hydrogens (tertiary/aromatic N) is 1. The lowest BCUT2D eigenvalue weighted by Crippen LogP contribution is -2.45. The van der Waals surface area contributed by atoms with E-state index in [-0.39, 0.29) is 11.9 Å². The van der Waals surface area contributed by atoms with Gasteiger partial charge in [0, 0.05) is 12.8 Å². The first-order valence-corrected chi connectivity index (χ1v) is 10.1. The van der Waals surface area contributed by atoms with Crippen LogP contribution in [0.5, 0.6) is 5.75 Å². The van der Waals surface area contributed by atoms with Gasteiger partial charge >= 0.3 is 5.97 Å². The summed E-state index contributed by atoms with van der Waals surface area (Å²) >= 11 is 0. The molecule has 1 saturated heterocycles. The minimum atomic E-state index is -0.752. The average Bonchev–Trinajstić information content (AvgIpc) is 3.15. The Hall–Kier alpha value is -2.41. The third-order valence-electron chi connectivity index (χ3n) is 4.83. The van der Waals surface area contributed by atoms with Crippen LogP contribution in [0.15, 0.2) is 24.3 Å². The van der Waals surface area contributed by atoms with Gasteiger partial charge in [-0.2, -0.15) is 0 Å². The number of unbranched alkanes of at least 4 members (excludes halogenated alkanes) is 2. The highest BCUT2D eigenvalue weighted by molar-refractivity contribution is 5.86. The molecule has 1 fully saturated rings. The molecule has 154 valence electrons. The molecule has 0 aliphatic carbocycles. The molecule has 7 nitrogen and oxygen atoms in total. The number of primary amides is 1. The lowest BCUT2D eigenvalue weighted by atomic mass is 10.0. The van der Waals surface area contributed by atoms with Crippen LogP contribution in [0.4, 0.5) is 0 Å². The Morgan fingerprint density at radius 2 is 1.82 bits per heavy atom. The summed E-state index contributed by atoms with van der Waals surface area (Å²) in [6.45, 7) is 4.24. The molecule has 0 aromatic heterocycles. The molecule has 1 aliphatic heterocycles. The first kappa shape index (κ1) is 21.9. The first-order chi connectivity index (χ1) is 13.5. The summed E-state index contributed by atoms with van der Waals surface area (Å²) in [6.07, 6.45) is 5.75. The standard InChI is InChI=1S/C21H31N3O4/c1-2-3-4-7-19(25)23-18(21(22)27)14-16-8-10-17(11-9-16)28-20(26)15-24-12-5-6-13-24/h8-11,18H,2-7,12-15H2,1H3,(H2,22,27)(H,23,25). The maximum atomic E-state index is 12.0. The molecule has 0 radical (unpaired) electrons. The summed E-state index contributed by atoms with van der Waals surface area (Å²) in [5, 5.41) is 2.71. The fourth-order valence-corrected chi connectivity index (χ4v) is 3.24. The number of ether oxygens (including phenoxy) is 1.